The summed E-state index contributed by atoms with van der Waals surface area (Å²) in [5, 5.41) is 4.89. The number of aromatic nitrogens is 1. The van der Waals surface area contributed by atoms with Crippen molar-refractivity contribution in [3.05, 3.63) is 35.0 Å². The van der Waals surface area contributed by atoms with Gasteiger partial charge in [-0.05, 0) is 62.6 Å². The Morgan fingerprint density at radius 1 is 1.22 bits per heavy atom. The van der Waals surface area contributed by atoms with E-state index in [0.717, 1.165) is 75.7 Å². The van der Waals surface area contributed by atoms with Gasteiger partial charge in [-0.15, -0.1) is 0 Å². The van der Waals surface area contributed by atoms with E-state index in [0.29, 0.717) is 12.0 Å². The zero-order valence-electron chi connectivity index (χ0n) is 22.8. The van der Waals surface area contributed by atoms with Gasteiger partial charge < -0.3 is 48.4 Å². The van der Waals surface area contributed by atoms with Crippen LogP contribution in [0.15, 0.2) is 18.2 Å². The van der Waals surface area contributed by atoms with Crippen LogP contribution in [0.5, 0.6) is 0 Å². The van der Waals surface area contributed by atoms with Crippen molar-refractivity contribution in [2.45, 2.75) is 64.1 Å². The summed E-state index contributed by atoms with van der Waals surface area (Å²) in [4.78, 5) is 21.5. The Morgan fingerprint density at radius 2 is 1.97 bits per heavy atom. The molecule has 2 saturated heterocycles. The Labute approximate surface area is 238 Å². The number of aromatic amines is 1. The van der Waals surface area contributed by atoms with Crippen LogP contribution in [0.4, 0.5) is 4.79 Å². The molecule has 1 saturated carbocycles. The SMILES string of the molecule is CCN(CC)C(=O)N[C@H]1C[C@@H]2c3cccc4[nH]c(C[N+]5(C)CCOCC5)c(c34)C[C@H]2N(CC2CC2)C1.[I-]. The number of benzene rings is 1. The van der Waals surface area contributed by atoms with Gasteiger partial charge in [-0.3, -0.25) is 4.90 Å². The lowest BCUT2D eigenvalue weighted by Crippen LogP contribution is -3.00. The first-order chi connectivity index (χ1) is 17.5. The summed E-state index contributed by atoms with van der Waals surface area (Å²) in [7, 11) is 2.39. The number of rotatable bonds is 7. The highest BCUT2D eigenvalue weighted by molar-refractivity contribution is 5.89. The number of nitrogens with zero attached hydrogens (tertiary/aromatic N) is 3. The predicted octanol–water partition coefficient (Wildman–Crippen LogP) is 0.693. The largest absolute Gasteiger partial charge is 1.00 e. The van der Waals surface area contributed by atoms with Crippen LogP contribution in [0.3, 0.4) is 0 Å². The summed E-state index contributed by atoms with van der Waals surface area (Å²) in [6.45, 7) is 12.7. The van der Waals surface area contributed by atoms with Gasteiger partial charge in [0.05, 0.1) is 26.0 Å². The molecule has 204 valence electrons. The third-order valence-corrected chi connectivity index (χ3v) is 9.45. The number of carbonyl (C=O) groups excluding carboxylic acids is 1. The van der Waals surface area contributed by atoms with Crippen LogP contribution in [-0.2, 0) is 17.7 Å². The topological polar surface area (TPSA) is 60.6 Å². The second-order valence-electron chi connectivity index (χ2n) is 12.0. The fraction of sp³-hybridized carbons (Fsp3) is 0.690. The second kappa shape index (κ2) is 11.0. The van der Waals surface area contributed by atoms with E-state index in [9.17, 15) is 4.79 Å². The third-order valence-electron chi connectivity index (χ3n) is 9.45. The number of ether oxygens (including phenoxy) is 1. The van der Waals surface area contributed by atoms with Crippen molar-refractivity contribution in [2.75, 3.05) is 59.5 Å². The number of halogens is 1. The summed E-state index contributed by atoms with van der Waals surface area (Å²) < 4.78 is 6.73. The van der Waals surface area contributed by atoms with E-state index in [2.05, 4.69) is 54.3 Å². The second-order valence-corrected chi connectivity index (χ2v) is 12.0. The van der Waals surface area contributed by atoms with Crippen molar-refractivity contribution in [2.24, 2.45) is 5.92 Å². The van der Waals surface area contributed by atoms with Gasteiger partial charge in [-0.25, -0.2) is 4.79 Å². The molecule has 3 atom stereocenters. The van der Waals surface area contributed by atoms with Crippen LogP contribution in [0.1, 0.15) is 55.8 Å². The van der Waals surface area contributed by atoms with Crippen LogP contribution in [0, 0.1) is 5.92 Å². The van der Waals surface area contributed by atoms with E-state index in [1.165, 1.54) is 41.5 Å². The highest BCUT2D eigenvalue weighted by Crippen LogP contribution is 2.46. The van der Waals surface area contributed by atoms with Crippen LogP contribution in [0.2, 0.25) is 0 Å². The lowest BCUT2D eigenvalue weighted by Gasteiger charge is -2.48. The summed E-state index contributed by atoms with van der Waals surface area (Å²) in [6.07, 6.45) is 4.87. The zero-order valence-corrected chi connectivity index (χ0v) is 24.9. The molecule has 37 heavy (non-hydrogen) atoms. The molecule has 2 amide bonds. The van der Waals surface area contributed by atoms with Gasteiger partial charge in [0.25, 0.3) is 0 Å². The van der Waals surface area contributed by atoms with Crippen molar-refractivity contribution in [1.82, 2.24) is 20.1 Å². The number of piperidine rings is 1. The Kier molecular flexibility index (Phi) is 8.11. The number of carbonyl (C=O) groups is 1. The maximum absolute atomic E-state index is 13.0. The minimum absolute atomic E-state index is 0. The molecule has 3 heterocycles. The van der Waals surface area contributed by atoms with Crippen LogP contribution in [-0.4, -0.2) is 96.9 Å². The number of likely N-dealkylation sites (N-methyl/N-ethyl adjacent to an activating group) is 1. The van der Waals surface area contributed by atoms with Gasteiger partial charge in [0.1, 0.15) is 19.6 Å². The molecule has 8 heteroatoms. The highest BCUT2D eigenvalue weighted by Gasteiger charge is 2.44. The van der Waals surface area contributed by atoms with E-state index < -0.39 is 0 Å². The summed E-state index contributed by atoms with van der Waals surface area (Å²) in [5.74, 6) is 1.30. The van der Waals surface area contributed by atoms with Gasteiger partial charge >= 0.3 is 6.03 Å². The fourth-order valence-corrected chi connectivity index (χ4v) is 7.14. The normalized spacial score (nSPS) is 26.8. The van der Waals surface area contributed by atoms with Gasteiger partial charge in [-0.1, -0.05) is 12.1 Å². The van der Waals surface area contributed by atoms with E-state index in [1.54, 1.807) is 5.56 Å². The minimum atomic E-state index is 0. The van der Waals surface area contributed by atoms with Gasteiger partial charge in [-0.2, -0.15) is 0 Å². The molecule has 0 bridgehead atoms. The number of nitrogens with one attached hydrogen (secondary N) is 2. The molecule has 7 nitrogen and oxygen atoms in total. The number of morpholine rings is 1. The molecule has 1 aromatic carbocycles. The lowest BCUT2D eigenvalue weighted by molar-refractivity contribution is -0.929. The number of urea groups is 1. The molecular weight excluding hydrogens is 577 g/mol. The summed E-state index contributed by atoms with van der Waals surface area (Å²) >= 11 is 0. The standard InChI is InChI=1S/C29H43N5O2.HI/c1-4-32(5-2)29(35)30-21-15-23-22-7-6-8-25-28(22)24(16-27(23)33(18-21)17-20-9-10-20)26(31-25)19-34(3)11-13-36-14-12-34;/h6-8,20-21,23,27,31H,4-5,9-19H2,1-3H3;1H/t21-,23+,27+;/m0./s1. The summed E-state index contributed by atoms with van der Waals surface area (Å²) in [5.41, 5.74) is 5.77. The number of likely N-dealkylation sites (tertiary alicyclic amines) is 1. The predicted molar refractivity (Wildman–Crippen MR) is 143 cm³/mol. The number of fused-ring (bicyclic) bond motifs is 2. The van der Waals surface area contributed by atoms with Crippen LogP contribution in [0.25, 0.3) is 10.9 Å². The van der Waals surface area contributed by atoms with Crippen molar-refractivity contribution in [3.63, 3.8) is 0 Å². The number of hydrogen-bond donors (Lipinski definition) is 2. The molecule has 0 radical (unpaired) electrons. The molecule has 6 rings (SSSR count). The minimum Gasteiger partial charge on any atom is -1.00 e. The molecule has 2 N–H and O–H groups in total. The fourth-order valence-electron chi connectivity index (χ4n) is 7.14. The van der Waals surface area contributed by atoms with Crippen molar-refractivity contribution in [1.29, 1.82) is 0 Å². The average molecular weight is 622 g/mol. The maximum Gasteiger partial charge on any atom is 0.317 e. The van der Waals surface area contributed by atoms with Gasteiger partial charge in [0, 0.05) is 55.1 Å². The van der Waals surface area contributed by atoms with E-state index in [-0.39, 0.29) is 36.0 Å². The molecule has 1 aromatic heterocycles. The highest BCUT2D eigenvalue weighted by atomic mass is 127. The van der Waals surface area contributed by atoms with Gasteiger partial charge in [0.2, 0.25) is 0 Å². The molecular formula is C29H44IN5O2. The van der Waals surface area contributed by atoms with Crippen molar-refractivity contribution >= 4 is 16.9 Å². The Morgan fingerprint density at radius 3 is 2.68 bits per heavy atom. The Bertz CT molecular complexity index is 1110. The molecule has 2 aliphatic carbocycles. The molecule has 4 aliphatic rings. The van der Waals surface area contributed by atoms with Crippen molar-refractivity contribution < 1.29 is 38.0 Å². The van der Waals surface area contributed by atoms with E-state index >= 15 is 0 Å². The first-order valence-electron chi connectivity index (χ1n) is 14.3. The average Bonchev–Trinajstić information content (AvgIpc) is 3.62. The smallest absolute Gasteiger partial charge is 0.317 e. The molecule has 3 fully saturated rings. The van der Waals surface area contributed by atoms with E-state index in [4.69, 9.17) is 4.74 Å². The third kappa shape index (κ3) is 5.40. The first kappa shape index (κ1) is 27.2. The number of hydrogen-bond acceptors (Lipinski definition) is 3. The Hall–Kier alpha value is -1.36. The maximum atomic E-state index is 13.0. The molecule has 0 unspecified atom stereocenters. The van der Waals surface area contributed by atoms with E-state index in [1.807, 2.05) is 4.90 Å². The molecule has 2 aromatic rings. The van der Waals surface area contributed by atoms with Gasteiger partial charge in [0.15, 0.2) is 0 Å². The Balaban J connectivity index is 0.00000280. The monoisotopic (exact) mass is 621 g/mol. The number of amides is 2. The van der Waals surface area contributed by atoms with Crippen LogP contribution < -0.4 is 29.3 Å². The number of H-pyrrole nitrogens is 1. The lowest BCUT2D eigenvalue weighted by atomic mass is 9.73. The molecule has 0 spiro atoms. The first-order valence-corrected chi connectivity index (χ1v) is 14.3. The summed E-state index contributed by atoms with van der Waals surface area (Å²) in [6, 6.07) is 7.68. The molecule has 2 aliphatic heterocycles. The van der Waals surface area contributed by atoms with Crippen molar-refractivity contribution in [3.8, 4) is 0 Å². The van der Waals surface area contributed by atoms with Crippen LogP contribution >= 0.6 is 0 Å². The number of quaternary nitrogens is 1. The quantitative estimate of drug-likeness (QED) is 0.354. The zero-order chi connectivity index (χ0) is 24.9.